The lowest BCUT2D eigenvalue weighted by molar-refractivity contribution is -0.141. The number of nitrogens with two attached hydrogens (primary N) is 1. The molecule has 4 nitrogen and oxygen atoms in total. The van der Waals surface area contributed by atoms with E-state index in [0.29, 0.717) is 6.07 Å². The van der Waals surface area contributed by atoms with Crippen LogP contribution in [-0.2, 0) is 6.18 Å². The van der Waals surface area contributed by atoms with Crippen molar-refractivity contribution in [3.8, 4) is 11.6 Å². The number of halogens is 6. The second kappa shape index (κ2) is 5.64. The molecule has 0 aliphatic carbocycles. The zero-order chi connectivity index (χ0) is 15.8. The second-order valence-corrected chi connectivity index (χ2v) is 5.01. The molecule has 0 radical (unpaired) electrons. The standard InChI is InChI=1S/C11H5BrClF4N3O/c12-4-1-5(13)6(14)2-7(4)21-9-3-8(11(15,16)17)19-10(18)20-9/h1-3H,(H2,18,19,20). The molecule has 21 heavy (non-hydrogen) atoms. The Labute approximate surface area is 129 Å². The molecule has 2 rings (SSSR count). The summed E-state index contributed by atoms with van der Waals surface area (Å²) < 4.78 is 56.4. The van der Waals surface area contributed by atoms with Crippen LogP contribution in [0.4, 0.5) is 23.5 Å². The molecule has 0 aliphatic heterocycles. The highest BCUT2D eigenvalue weighted by molar-refractivity contribution is 9.10. The predicted molar refractivity (Wildman–Crippen MR) is 70.6 cm³/mol. The van der Waals surface area contributed by atoms with Crippen molar-refractivity contribution in [3.05, 3.63) is 39.2 Å². The number of anilines is 1. The molecule has 1 aromatic heterocycles. The van der Waals surface area contributed by atoms with Crippen LogP contribution in [0.15, 0.2) is 22.7 Å². The first-order chi connectivity index (χ1) is 9.66. The Balaban J connectivity index is 2.40. The van der Waals surface area contributed by atoms with Gasteiger partial charge in [-0.1, -0.05) is 11.6 Å². The third-order valence-corrected chi connectivity index (χ3v) is 3.11. The zero-order valence-electron chi connectivity index (χ0n) is 9.88. The van der Waals surface area contributed by atoms with E-state index in [1.807, 2.05) is 0 Å². The molecule has 1 aromatic carbocycles. The van der Waals surface area contributed by atoms with Gasteiger partial charge in [-0.25, -0.2) is 9.37 Å². The average molecular weight is 387 g/mol. The Morgan fingerprint density at radius 1 is 1.19 bits per heavy atom. The number of aromatic nitrogens is 2. The van der Waals surface area contributed by atoms with Gasteiger partial charge in [0.05, 0.1) is 9.50 Å². The van der Waals surface area contributed by atoms with E-state index >= 15 is 0 Å². The maximum Gasteiger partial charge on any atom is 0.433 e. The number of hydrogen-bond donors (Lipinski definition) is 1. The summed E-state index contributed by atoms with van der Waals surface area (Å²) >= 11 is 8.59. The Bertz CT molecular complexity index is 696. The molecule has 10 heteroatoms. The van der Waals surface area contributed by atoms with E-state index in [2.05, 4.69) is 25.9 Å². The van der Waals surface area contributed by atoms with Gasteiger partial charge in [-0.2, -0.15) is 18.2 Å². The highest BCUT2D eigenvalue weighted by atomic mass is 79.9. The number of nitrogen functional groups attached to an aromatic ring is 1. The van der Waals surface area contributed by atoms with Gasteiger partial charge in [-0.05, 0) is 22.0 Å². The van der Waals surface area contributed by atoms with Crippen LogP contribution in [0.25, 0.3) is 0 Å². The Morgan fingerprint density at radius 3 is 2.48 bits per heavy atom. The molecule has 0 unspecified atom stereocenters. The van der Waals surface area contributed by atoms with E-state index < -0.39 is 29.5 Å². The van der Waals surface area contributed by atoms with Crippen molar-refractivity contribution in [1.82, 2.24) is 9.97 Å². The minimum absolute atomic E-state index is 0.108. The van der Waals surface area contributed by atoms with Crippen molar-refractivity contribution in [2.24, 2.45) is 0 Å². The molecule has 0 aliphatic rings. The third-order valence-electron chi connectivity index (χ3n) is 2.20. The minimum atomic E-state index is -4.71. The van der Waals surface area contributed by atoms with Crippen LogP contribution in [-0.4, -0.2) is 9.97 Å². The van der Waals surface area contributed by atoms with Gasteiger partial charge in [-0.3, -0.25) is 0 Å². The van der Waals surface area contributed by atoms with Gasteiger partial charge in [0.25, 0.3) is 0 Å². The number of hydrogen-bond acceptors (Lipinski definition) is 4. The van der Waals surface area contributed by atoms with Crippen LogP contribution >= 0.6 is 27.5 Å². The Hall–Kier alpha value is -1.61. The summed E-state index contributed by atoms with van der Waals surface area (Å²) in [5, 5.41) is -0.174. The van der Waals surface area contributed by atoms with Crippen molar-refractivity contribution >= 4 is 33.5 Å². The molecule has 2 aromatic rings. The van der Waals surface area contributed by atoms with Crippen molar-refractivity contribution in [3.63, 3.8) is 0 Å². The molecule has 0 saturated carbocycles. The first-order valence-electron chi connectivity index (χ1n) is 5.21. The molecule has 112 valence electrons. The molecule has 1 heterocycles. The zero-order valence-corrected chi connectivity index (χ0v) is 12.2. The van der Waals surface area contributed by atoms with Gasteiger partial charge in [0.2, 0.25) is 11.8 Å². The normalized spacial score (nSPS) is 11.5. The van der Waals surface area contributed by atoms with E-state index in [0.717, 1.165) is 6.07 Å². The van der Waals surface area contributed by atoms with Crippen LogP contribution in [0.1, 0.15) is 5.69 Å². The summed E-state index contributed by atoms with van der Waals surface area (Å²) in [6.45, 7) is 0. The maximum absolute atomic E-state index is 13.3. The number of benzene rings is 1. The summed E-state index contributed by atoms with van der Waals surface area (Å²) in [5.74, 6) is -2.00. The number of rotatable bonds is 2. The highest BCUT2D eigenvalue weighted by Gasteiger charge is 2.34. The fourth-order valence-corrected chi connectivity index (χ4v) is 2.06. The second-order valence-electron chi connectivity index (χ2n) is 3.75. The molecule has 0 fully saturated rings. The number of alkyl halides is 3. The minimum Gasteiger partial charge on any atom is -0.438 e. The summed E-state index contributed by atoms with van der Waals surface area (Å²) in [4.78, 5) is 6.56. The lowest BCUT2D eigenvalue weighted by Gasteiger charge is -2.11. The third kappa shape index (κ3) is 3.73. The van der Waals surface area contributed by atoms with Gasteiger partial charge in [0, 0.05) is 12.1 Å². The van der Waals surface area contributed by atoms with Gasteiger partial charge in [0.15, 0.2) is 5.69 Å². The van der Waals surface area contributed by atoms with Gasteiger partial charge < -0.3 is 10.5 Å². The fourth-order valence-electron chi connectivity index (χ4n) is 1.34. The van der Waals surface area contributed by atoms with Crippen LogP contribution in [0, 0.1) is 5.82 Å². The van der Waals surface area contributed by atoms with E-state index in [1.165, 1.54) is 6.07 Å². The smallest absolute Gasteiger partial charge is 0.433 e. The lowest BCUT2D eigenvalue weighted by Crippen LogP contribution is -2.11. The summed E-state index contributed by atoms with van der Waals surface area (Å²) in [6, 6.07) is 2.65. The van der Waals surface area contributed by atoms with Crippen molar-refractivity contribution < 1.29 is 22.3 Å². The number of ether oxygens (including phenoxy) is 1. The lowest BCUT2D eigenvalue weighted by atomic mass is 10.3. The van der Waals surface area contributed by atoms with E-state index in [1.54, 1.807) is 0 Å². The summed E-state index contributed by atoms with van der Waals surface area (Å²) in [6.07, 6.45) is -4.71. The van der Waals surface area contributed by atoms with E-state index in [4.69, 9.17) is 22.1 Å². The van der Waals surface area contributed by atoms with E-state index in [-0.39, 0.29) is 15.2 Å². The molecule has 0 amide bonds. The average Bonchev–Trinajstić information content (AvgIpc) is 2.34. The van der Waals surface area contributed by atoms with Crippen LogP contribution in [0.2, 0.25) is 5.02 Å². The molecule has 2 N–H and O–H groups in total. The molecule has 0 saturated heterocycles. The van der Waals surface area contributed by atoms with Crippen LogP contribution < -0.4 is 10.5 Å². The monoisotopic (exact) mass is 385 g/mol. The van der Waals surface area contributed by atoms with Gasteiger partial charge in [-0.15, -0.1) is 0 Å². The highest BCUT2D eigenvalue weighted by Crippen LogP contribution is 2.35. The Morgan fingerprint density at radius 2 is 1.86 bits per heavy atom. The number of nitrogens with zero attached hydrogens (tertiary/aromatic N) is 2. The van der Waals surface area contributed by atoms with Crippen LogP contribution in [0.3, 0.4) is 0 Å². The van der Waals surface area contributed by atoms with Crippen molar-refractivity contribution in [2.75, 3.05) is 5.73 Å². The quantitative estimate of drug-likeness (QED) is 0.613. The molecule has 0 bridgehead atoms. The fraction of sp³-hybridized carbons (Fsp3) is 0.0909. The van der Waals surface area contributed by atoms with Crippen molar-refractivity contribution in [2.45, 2.75) is 6.18 Å². The summed E-state index contributed by atoms with van der Waals surface area (Å²) in [5.41, 5.74) is 3.92. The summed E-state index contributed by atoms with van der Waals surface area (Å²) in [7, 11) is 0. The predicted octanol–water partition coefficient (Wildman–Crippen LogP) is 4.42. The first kappa shape index (κ1) is 15.8. The van der Waals surface area contributed by atoms with Crippen molar-refractivity contribution in [1.29, 1.82) is 0 Å². The Kier molecular flexibility index (Phi) is 4.24. The first-order valence-corrected chi connectivity index (χ1v) is 6.38. The molecular weight excluding hydrogens is 381 g/mol. The molecule has 0 atom stereocenters. The molecular formula is C11H5BrClF4N3O. The van der Waals surface area contributed by atoms with Gasteiger partial charge >= 0.3 is 6.18 Å². The van der Waals surface area contributed by atoms with Gasteiger partial charge in [0.1, 0.15) is 11.6 Å². The van der Waals surface area contributed by atoms with E-state index in [9.17, 15) is 17.6 Å². The topological polar surface area (TPSA) is 61.0 Å². The molecule has 0 spiro atoms. The largest absolute Gasteiger partial charge is 0.438 e. The maximum atomic E-state index is 13.3. The SMILES string of the molecule is Nc1nc(Oc2cc(F)c(Cl)cc2Br)cc(C(F)(F)F)n1. The van der Waals surface area contributed by atoms with Crippen LogP contribution in [0.5, 0.6) is 11.6 Å².